The van der Waals surface area contributed by atoms with Crippen LogP contribution >= 0.6 is 0 Å². The van der Waals surface area contributed by atoms with Crippen LogP contribution in [0.15, 0.2) is 41.2 Å². The van der Waals surface area contributed by atoms with E-state index in [2.05, 4.69) is 5.10 Å². The van der Waals surface area contributed by atoms with E-state index in [0.29, 0.717) is 16.6 Å². The van der Waals surface area contributed by atoms with Crippen LogP contribution in [0.5, 0.6) is 0 Å². The largest absolute Gasteiger partial charge is 0.319 e. The Kier molecular flexibility index (Phi) is 5.48. The SMILES string of the molecule is Cc1cc(=O)n(CC(=O)Nc2c(F)c(F)cc(F)c2F)c2c1c(C)nn2-c1cccc(F)c1. The van der Waals surface area contributed by atoms with Gasteiger partial charge in [0, 0.05) is 17.5 Å². The first-order valence-electron chi connectivity index (χ1n) is 9.57. The van der Waals surface area contributed by atoms with Crippen LogP contribution < -0.4 is 10.9 Å². The minimum Gasteiger partial charge on any atom is -0.319 e. The second kappa shape index (κ2) is 8.15. The molecule has 2 aromatic carbocycles. The molecular weight excluding hydrogens is 447 g/mol. The highest BCUT2D eigenvalue weighted by molar-refractivity contribution is 5.92. The zero-order chi connectivity index (χ0) is 24.0. The molecule has 0 atom stereocenters. The van der Waals surface area contributed by atoms with Gasteiger partial charge in [0.05, 0.1) is 11.4 Å². The van der Waals surface area contributed by atoms with Crippen LogP contribution in [0.2, 0.25) is 0 Å². The van der Waals surface area contributed by atoms with Gasteiger partial charge in [0.1, 0.15) is 23.7 Å². The van der Waals surface area contributed by atoms with Crippen LogP contribution in [-0.4, -0.2) is 20.3 Å². The summed E-state index contributed by atoms with van der Waals surface area (Å²) in [5.41, 5.74) is -0.565. The molecule has 0 aliphatic heterocycles. The predicted octanol–water partition coefficient (Wildman–Crippen LogP) is 4.14. The van der Waals surface area contributed by atoms with Crippen LogP contribution in [0, 0.1) is 42.9 Å². The average molecular weight is 462 g/mol. The molecule has 0 spiro atoms. The van der Waals surface area contributed by atoms with Crippen molar-refractivity contribution in [2.75, 3.05) is 5.32 Å². The number of nitrogens with one attached hydrogen (secondary N) is 1. The van der Waals surface area contributed by atoms with Crippen LogP contribution in [-0.2, 0) is 11.3 Å². The first-order valence-corrected chi connectivity index (χ1v) is 9.57. The molecule has 1 amide bonds. The number of carbonyl (C=O) groups excluding carboxylic acids is 1. The summed E-state index contributed by atoms with van der Waals surface area (Å²) in [6, 6.07) is 6.60. The number of anilines is 1. The van der Waals surface area contributed by atoms with Crippen molar-refractivity contribution in [3.05, 3.63) is 87.1 Å². The number of benzene rings is 2. The van der Waals surface area contributed by atoms with Gasteiger partial charge in [0.2, 0.25) is 5.91 Å². The number of carbonyl (C=O) groups is 1. The van der Waals surface area contributed by atoms with Gasteiger partial charge in [-0.15, -0.1) is 0 Å². The maximum Gasteiger partial charge on any atom is 0.252 e. The Hall–Kier alpha value is -4.02. The van der Waals surface area contributed by atoms with Crippen molar-refractivity contribution in [3.63, 3.8) is 0 Å². The van der Waals surface area contributed by atoms with Gasteiger partial charge in [-0.05, 0) is 37.6 Å². The average Bonchev–Trinajstić information content (AvgIpc) is 3.10. The van der Waals surface area contributed by atoms with Gasteiger partial charge in [-0.3, -0.25) is 14.2 Å². The van der Waals surface area contributed by atoms with Crippen molar-refractivity contribution < 1.29 is 26.7 Å². The van der Waals surface area contributed by atoms with E-state index in [0.717, 1.165) is 4.57 Å². The summed E-state index contributed by atoms with van der Waals surface area (Å²) in [5.74, 6) is -8.66. The molecule has 0 aliphatic rings. The van der Waals surface area contributed by atoms with Crippen molar-refractivity contribution in [2.24, 2.45) is 0 Å². The number of amides is 1. The zero-order valence-corrected chi connectivity index (χ0v) is 17.2. The van der Waals surface area contributed by atoms with Crippen molar-refractivity contribution >= 4 is 22.6 Å². The number of hydrogen-bond donors (Lipinski definition) is 1. The molecular formula is C22H15F5N4O2. The number of hydrogen-bond acceptors (Lipinski definition) is 3. The molecule has 0 aliphatic carbocycles. The van der Waals surface area contributed by atoms with Crippen LogP contribution in [0.25, 0.3) is 16.7 Å². The molecule has 0 unspecified atom stereocenters. The van der Waals surface area contributed by atoms with E-state index >= 15 is 0 Å². The molecule has 2 aromatic heterocycles. The van der Waals surface area contributed by atoms with Crippen LogP contribution in [0.4, 0.5) is 27.6 Å². The second-order valence-electron chi connectivity index (χ2n) is 7.32. The Morgan fingerprint density at radius 1 is 1.00 bits per heavy atom. The zero-order valence-electron chi connectivity index (χ0n) is 17.2. The lowest BCUT2D eigenvalue weighted by molar-refractivity contribution is -0.116. The summed E-state index contributed by atoms with van der Waals surface area (Å²) < 4.78 is 70.8. The number of halogens is 5. The van der Waals surface area contributed by atoms with Crippen molar-refractivity contribution in [2.45, 2.75) is 20.4 Å². The van der Waals surface area contributed by atoms with Gasteiger partial charge in [0.25, 0.3) is 5.56 Å². The first kappa shape index (κ1) is 22.2. The fourth-order valence-electron chi connectivity index (χ4n) is 3.61. The van der Waals surface area contributed by atoms with E-state index in [9.17, 15) is 31.5 Å². The summed E-state index contributed by atoms with van der Waals surface area (Å²) in [4.78, 5) is 25.3. The highest BCUT2D eigenvalue weighted by Gasteiger charge is 2.23. The van der Waals surface area contributed by atoms with E-state index in [1.165, 1.54) is 35.0 Å². The third-order valence-corrected chi connectivity index (χ3v) is 5.02. The lowest BCUT2D eigenvalue weighted by Crippen LogP contribution is -2.29. The minimum atomic E-state index is -1.79. The fourth-order valence-corrected chi connectivity index (χ4v) is 3.61. The number of pyridine rings is 1. The Morgan fingerprint density at radius 2 is 1.67 bits per heavy atom. The first-order chi connectivity index (χ1) is 15.6. The quantitative estimate of drug-likeness (QED) is 0.366. The lowest BCUT2D eigenvalue weighted by atomic mass is 10.1. The lowest BCUT2D eigenvalue weighted by Gasteiger charge is -2.13. The molecule has 33 heavy (non-hydrogen) atoms. The predicted molar refractivity (Wildman–Crippen MR) is 110 cm³/mol. The Balaban J connectivity index is 1.84. The topological polar surface area (TPSA) is 68.9 Å². The molecule has 4 aromatic rings. The van der Waals surface area contributed by atoms with Gasteiger partial charge in [-0.25, -0.2) is 26.6 Å². The van der Waals surface area contributed by atoms with Gasteiger partial charge in [-0.1, -0.05) is 6.07 Å². The third kappa shape index (κ3) is 3.86. The monoisotopic (exact) mass is 462 g/mol. The molecule has 1 N–H and O–H groups in total. The second-order valence-corrected chi connectivity index (χ2v) is 7.32. The summed E-state index contributed by atoms with van der Waals surface area (Å²) in [7, 11) is 0. The minimum absolute atomic E-state index is 0.00859. The van der Waals surface area contributed by atoms with Crippen molar-refractivity contribution in [1.82, 2.24) is 14.3 Å². The van der Waals surface area contributed by atoms with Crippen molar-refractivity contribution in [1.29, 1.82) is 0 Å². The maximum atomic E-state index is 13.9. The molecule has 0 saturated heterocycles. The number of aromatic nitrogens is 3. The normalized spacial score (nSPS) is 11.2. The van der Waals surface area contributed by atoms with E-state index in [1.54, 1.807) is 19.2 Å². The summed E-state index contributed by atoms with van der Waals surface area (Å²) >= 11 is 0. The highest BCUT2D eigenvalue weighted by Crippen LogP contribution is 2.26. The number of aryl methyl sites for hydroxylation is 2. The Labute approximate surface area is 182 Å². The summed E-state index contributed by atoms with van der Waals surface area (Å²) in [5, 5.41) is 6.62. The molecule has 6 nitrogen and oxygen atoms in total. The summed E-state index contributed by atoms with van der Waals surface area (Å²) in [6.07, 6.45) is 0. The molecule has 4 rings (SSSR count). The molecule has 0 radical (unpaired) electrons. The van der Waals surface area contributed by atoms with Gasteiger partial charge in [0.15, 0.2) is 23.3 Å². The van der Waals surface area contributed by atoms with E-state index in [1.807, 2.05) is 0 Å². The molecule has 2 heterocycles. The van der Waals surface area contributed by atoms with Gasteiger partial charge < -0.3 is 5.32 Å². The molecule has 11 heteroatoms. The van der Waals surface area contributed by atoms with E-state index in [4.69, 9.17) is 0 Å². The molecule has 0 bridgehead atoms. The smallest absolute Gasteiger partial charge is 0.252 e. The number of nitrogens with zero attached hydrogens (tertiary/aromatic N) is 3. The van der Waals surface area contributed by atoms with Crippen LogP contribution in [0.1, 0.15) is 11.3 Å². The standard InChI is InChI=1S/C22H15F5N4O2/c1-10-6-17(33)30(9-16(32)28-21-19(26)14(24)8-15(25)20(21)27)22-18(10)11(2)29-31(22)13-5-3-4-12(23)7-13/h3-8H,9H2,1-2H3,(H,28,32). The Bertz CT molecular complexity index is 1470. The fraction of sp³-hybridized carbons (Fsp3) is 0.136. The van der Waals surface area contributed by atoms with E-state index in [-0.39, 0.29) is 17.4 Å². The van der Waals surface area contributed by atoms with E-state index < -0.39 is 52.8 Å². The Morgan fingerprint density at radius 3 is 2.30 bits per heavy atom. The summed E-state index contributed by atoms with van der Waals surface area (Å²) in [6.45, 7) is 2.53. The third-order valence-electron chi connectivity index (χ3n) is 5.02. The van der Waals surface area contributed by atoms with Crippen molar-refractivity contribution in [3.8, 4) is 5.69 Å². The highest BCUT2D eigenvalue weighted by atomic mass is 19.2. The van der Waals surface area contributed by atoms with Gasteiger partial charge >= 0.3 is 0 Å². The molecule has 170 valence electrons. The van der Waals surface area contributed by atoms with Gasteiger partial charge in [-0.2, -0.15) is 5.10 Å². The number of fused-ring (bicyclic) bond motifs is 1. The molecule has 0 fully saturated rings. The maximum absolute atomic E-state index is 13.9. The molecule has 0 saturated carbocycles. The number of rotatable bonds is 4. The van der Waals surface area contributed by atoms with Crippen LogP contribution in [0.3, 0.4) is 0 Å².